The Bertz CT molecular complexity index is 1240. The molecule has 0 atom stereocenters. The number of carbonyl (C=O) groups excluding carboxylic acids is 1. The first-order valence-electron chi connectivity index (χ1n) is 10.8. The lowest BCUT2D eigenvalue weighted by molar-refractivity contribution is 0.0986. The molecule has 1 heterocycles. The Morgan fingerprint density at radius 2 is 1.64 bits per heavy atom. The zero-order valence-corrected chi connectivity index (χ0v) is 19.4. The fourth-order valence-corrected chi connectivity index (χ4v) is 4.67. The highest BCUT2D eigenvalue weighted by atomic mass is 32.1. The van der Waals surface area contributed by atoms with Crippen LogP contribution in [-0.4, -0.2) is 43.0 Å². The van der Waals surface area contributed by atoms with Gasteiger partial charge in [0.15, 0.2) is 10.9 Å². The molecule has 7 heteroatoms. The summed E-state index contributed by atoms with van der Waals surface area (Å²) in [6.45, 7) is 1.21. The molecule has 0 spiro atoms. The minimum absolute atomic E-state index is 0.0834. The van der Waals surface area contributed by atoms with Crippen molar-refractivity contribution in [1.82, 2.24) is 9.88 Å². The molecule has 4 aromatic rings. The van der Waals surface area contributed by atoms with Gasteiger partial charge in [-0.3, -0.25) is 9.69 Å². The standard InChI is InChI=1S/C26H25F2N3OS/c1-30(2)13-6-14-31(26-29-24-22(28)16-21(27)17-23(24)33-26)25(32)20-11-9-19(10-12-20)15-18-7-4-3-5-8-18/h3-5,7-12,16-17H,6,13-15H2,1-2H3. The molecule has 170 valence electrons. The fourth-order valence-electron chi connectivity index (χ4n) is 3.64. The summed E-state index contributed by atoms with van der Waals surface area (Å²) in [4.78, 5) is 21.4. The summed E-state index contributed by atoms with van der Waals surface area (Å²) in [5.41, 5.74) is 2.92. The van der Waals surface area contributed by atoms with Gasteiger partial charge in [-0.05, 0) is 62.8 Å². The predicted molar refractivity (Wildman–Crippen MR) is 130 cm³/mol. The van der Waals surface area contributed by atoms with E-state index in [-0.39, 0.29) is 11.4 Å². The first-order valence-corrected chi connectivity index (χ1v) is 11.6. The molecule has 0 bridgehead atoms. The van der Waals surface area contributed by atoms with Crippen LogP contribution in [0, 0.1) is 11.6 Å². The van der Waals surface area contributed by atoms with Gasteiger partial charge in [-0.1, -0.05) is 53.8 Å². The zero-order valence-electron chi connectivity index (χ0n) is 18.6. The molecule has 4 nitrogen and oxygen atoms in total. The largest absolute Gasteiger partial charge is 0.309 e. The monoisotopic (exact) mass is 465 g/mol. The van der Waals surface area contributed by atoms with Crippen molar-refractivity contribution in [3.8, 4) is 0 Å². The van der Waals surface area contributed by atoms with Crippen molar-refractivity contribution in [3.05, 3.63) is 95.1 Å². The number of anilines is 1. The molecule has 0 N–H and O–H groups in total. The van der Waals surface area contributed by atoms with Crippen molar-refractivity contribution < 1.29 is 13.6 Å². The summed E-state index contributed by atoms with van der Waals surface area (Å²) in [5, 5.41) is 0.367. The van der Waals surface area contributed by atoms with Crippen molar-refractivity contribution in [1.29, 1.82) is 0 Å². The highest BCUT2D eigenvalue weighted by molar-refractivity contribution is 7.22. The Morgan fingerprint density at radius 1 is 0.939 bits per heavy atom. The van der Waals surface area contributed by atoms with Crippen LogP contribution in [0.15, 0.2) is 66.7 Å². The maximum Gasteiger partial charge on any atom is 0.260 e. The Hall–Kier alpha value is -3.16. The topological polar surface area (TPSA) is 36.4 Å². The molecule has 1 aromatic heterocycles. The van der Waals surface area contributed by atoms with E-state index in [1.54, 1.807) is 4.90 Å². The van der Waals surface area contributed by atoms with Crippen LogP contribution in [0.2, 0.25) is 0 Å². The Labute approximate surface area is 196 Å². The molecule has 0 aliphatic carbocycles. The Balaban J connectivity index is 1.60. The lowest BCUT2D eigenvalue weighted by atomic mass is 10.0. The Morgan fingerprint density at radius 3 is 2.33 bits per heavy atom. The van der Waals surface area contributed by atoms with Gasteiger partial charge in [-0.15, -0.1) is 0 Å². The van der Waals surface area contributed by atoms with Crippen molar-refractivity contribution in [2.24, 2.45) is 0 Å². The van der Waals surface area contributed by atoms with Gasteiger partial charge in [0, 0.05) is 18.2 Å². The van der Waals surface area contributed by atoms with E-state index in [1.807, 2.05) is 61.5 Å². The summed E-state index contributed by atoms with van der Waals surface area (Å²) < 4.78 is 28.3. The summed E-state index contributed by atoms with van der Waals surface area (Å²) in [6, 6.07) is 19.7. The van der Waals surface area contributed by atoms with E-state index in [2.05, 4.69) is 17.1 Å². The van der Waals surface area contributed by atoms with Gasteiger partial charge in [-0.2, -0.15) is 0 Å². The van der Waals surface area contributed by atoms with E-state index in [4.69, 9.17) is 0 Å². The quantitative estimate of drug-likeness (QED) is 0.332. The molecule has 0 fully saturated rings. The molecule has 1 amide bonds. The Kier molecular flexibility index (Phi) is 7.11. The van der Waals surface area contributed by atoms with Crippen LogP contribution in [0.1, 0.15) is 27.9 Å². The zero-order chi connectivity index (χ0) is 23.4. The second-order valence-corrected chi connectivity index (χ2v) is 9.21. The number of rotatable bonds is 8. The second kappa shape index (κ2) is 10.2. The third-order valence-electron chi connectivity index (χ3n) is 5.32. The van der Waals surface area contributed by atoms with Crippen molar-refractivity contribution in [3.63, 3.8) is 0 Å². The third kappa shape index (κ3) is 5.61. The summed E-state index contributed by atoms with van der Waals surface area (Å²) in [5.74, 6) is -1.59. The number of thiazole rings is 1. The molecular weight excluding hydrogens is 440 g/mol. The molecule has 0 aliphatic rings. The van der Waals surface area contributed by atoms with Gasteiger partial charge in [0.05, 0.1) is 4.70 Å². The molecule has 0 saturated carbocycles. The molecule has 0 saturated heterocycles. The van der Waals surface area contributed by atoms with Gasteiger partial charge in [0.25, 0.3) is 5.91 Å². The van der Waals surface area contributed by atoms with E-state index >= 15 is 0 Å². The molecule has 0 unspecified atom stereocenters. The SMILES string of the molecule is CN(C)CCCN(C(=O)c1ccc(Cc2ccccc2)cc1)c1nc2c(F)cc(F)cc2s1. The van der Waals surface area contributed by atoms with Gasteiger partial charge >= 0.3 is 0 Å². The molecular formula is C26H25F2N3OS. The van der Waals surface area contributed by atoms with Crippen LogP contribution in [0.3, 0.4) is 0 Å². The maximum absolute atomic E-state index is 14.2. The number of fused-ring (bicyclic) bond motifs is 1. The van der Waals surface area contributed by atoms with E-state index in [0.717, 1.165) is 42.4 Å². The van der Waals surface area contributed by atoms with Crippen LogP contribution in [0.4, 0.5) is 13.9 Å². The van der Waals surface area contributed by atoms with Gasteiger partial charge in [0.1, 0.15) is 11.3 Å². The average Bonchev–Trinajstić information content (AvgIpc) is 3.21. The highest BCUT2D eigenvalue weighted by Gasteiger charge is 2.22. The number of hydrogen-bond donors (Lipinski definition) is 0. The van der Waals surface area contributed by atoms with Gasteiger partial charge in [-0.25, -0.2) is 13.8 Å². The molecule has 4 rings (SSSR count). The fraction of sp³-hybridized carbons (Fsp3) is 0.231. The number of halogens is 2. The summed E-state index contributed by atoms with van der Waals surface area (Å²) in [6.07, 6.45) is 1.50. The molecule has 0 radical (unpaired) electrons. The number of carbonyl (C=O) groups is 1. The van der Waals surface area contributed by atoms with E-state index in [1.165, 1.54) is 11.6 Å². The number of aromatic nitrogens is 1. The van der Waals surface area contributed by atoms with Crippen LogP contribution in [-0.2, 0) is 6.42 Å². The van der Waals surface area contributed by atoms with Crippen molar-refractivity contribution >= 4 is 32.6 Å². The number of amides is 1. The molecule has 3 aromatic carbocycles. The predicted octanol–water partition coefficient (Wildman–Crippen LogP) is 5.76. The first-order chi connectivity index (χ1) is 15.9. The lowest BCUT2D eigenvalue weighted by Gasteiger charge is -2.21. The van der Waals surface area contributed by atoms with Crippen LogP contribution in [0.5, 0.6) is 0 Å². The smallest absolute Gasteiger partial charge is 0.260 e. The summed E-state index contributed by atoms with van der Waals surface area (Å²) >= 11 is 1.12. The van der Waals surface area contributed by atoms with Crippen LogP contribution in [0.25, 0.3) is 10.2 Å². The van der Waals surface area contributed by atoms with E-state index in [0.29, 0.717) is 21.9 Å². The van der Waals surface area contributed by atoms with Crippen molar-refractivity contribution in [2.45, 2.75) is 12.8 Å². The van der Waals surface area contributed by atoms with Crippen LogP contribution < -0.4 is 4.90 Å². The first kappa shape index (κ1) is 23.0. The normalized spacial score (nSPS) is 11.3. The minimum Gasteiger partial charge on any atom is -0.309 e. The third-order valence-corrected chi connectivity index (χ3v) is 6.34. The van der Waals surface area contributed by atoms with Crippen LogP contribution >= 0.6 is 11.3 Å². The number of benzene rings is 3. The second-order valence-electron chi connectivity index (χ2n) is 8.20. The van der Waals surface area contributed by atoms with E-state index in [9.17, 15) is 13.6 Å². The summed E-state index contributed by atoms with van der Waals surface area (Å²) in [7, 11) is 3.93. The van der Waals surface area contributed by atoms with Crippen molar-refractivity contribution in [2.75, 3.05) is 32.1 Å². The maximum atomic E-state index is 14.2. The minimum atomic E-state index is -0.724. The number of hydrogen-bond acceptors (Lipinski definition) is 4. The van der Waals surface area contributed by atoms with Gasteiger partial charge < -0.3 is 4.90 Å². The number of nitrogens with zero attached hydrogens (tertiary/aromatic N) is 3. The molecule has 0 aliphatic heterocycles. The lowest BCUT2D eigenvalue weighted by Crippen LogP contribution is -2.33. The molecule has 33 heavy (non-hydrogen) atoms. The highest BCUT2D eigenvalue weighted by Crippen LogP contribution is 2.32. The average molecular weight is 466 g/mol. The van der Waals surface area contributed by atoms with Gasteiger partial charge in [0.2, 0.25) is 0 Å². The van der Waals surface area contributed by atoms with E-state index < -0.39 is 11.6 Å².